The van der Waals surface area contributed by atoms with Crippen molar-refractivity contribution in [2.75, 3.05) is 6.54 Å². The number of carbonyl (C=O) groups is 2. The number of nitrogens with zero attached hydrogens (tertiary/aromatic N) is 1. The number of aryl methyl sites for hydroxylation is 1. The van der Waals surface area contributed by atoms with Gasteiger partial charge in [-0.3, -0.25) is 14.8 Å². The van der Waals surface area contributed by atoms with Gasteiger partial charge in [0.1, 0.15) is 5.69 Å². The maximum atomic E-state index is 12.2. The van der Waals surface area contributed by atoms with E-state index in [2.05, 4.69) is 15.3 Å². The molecule has 2 heterocycles. The second-order valence-corrected chi connectivity index (χ2v) is 5.23. The van der Waals surface area contributed by atoms with Crippen molar-refractivity contribution >= 4 is 33.6 Å². The molecule has 23 heavy (non-hydrogen) atoms. The third-order valence-electron chi connectivity index (χ3n) is 3.67. The Morgan fingerprint density at radius 1 is 1.26 bits per heavy atom. The number of hydroxylamine groups is 1. The van der Waals surface area contributed by atoms with Crippen molar-refractivity contribution in [3.63, 3.8) is 0 Å². The summed E-state index contributed by atoms with van der Waals surface area (Å²) in [6, 6.07) is 9.59. The molecular formula is C16H16N4O3. The minimum absolute atomic E-state index is 0.00342. The summed E-state index contributed by atoms with van der Waals surface area (Å²) in [4.78, 5) is 30.8. The molecule has 0 saturated carbocycles. The maximum Gasteiger partial charge on any atom is 0.269 e. The van der Waals surface area contributed by atoms with E-state index in [1.165, 1.54) is 5.48 Å². The molecule has 3 rings (SSSR count). The molecule has 118 valence electrons. The molecule has 0 atom stereocenters. The third kappa shape index (κ3) is 2.86. The second-order valence-electron chi connectivity index (χ2n) is 5.23. The predicted molar refractivity (Wildman–Crippen MR) is 85.2 cm³/mol. The smallest absolute Gasteiger partial charge is 0.269 e. The Balaban J connectivity index is 1.91. The summed E-state index contributed by atoms with van der Waals surface area (Å²) in [7, 11) is 0. The van der Waals surface area contributed by atoms with Gasteiger partial charge in [-0.05, 0) is 19.1 Å². The topological polar surface area (TPSA) is 107 Å². The van der Waals surface area contributed by atoms with Crippen LogP contribution in [0.5, 0.6) is 0 Å². The lowest BCUT2D eigenvalue weighted by atomic mass is 10.1. The third-order valence-corrected chi connectivity index (χ3v) is 3.67. The SMILES string of the molecule is Cc1nc(C(=O)NCCC(=O)NO)cc2c1[nH]c1ccccc12. The van der Waals surface area contributed by atoms with Gasteiger partial charge in [0.15, 0.2) is 0 Å². The number of amides is 2. The fourth-order valence-corrected chi connectivity index (χ4v) is 2.56. The summed E-state index contributed by atoms with van der Waals surface area (Å²) in [6.45, 7) is 1.96. The van der Waals surface area contributed by atoms with Crippen LogP contribution in [-0.2, 0) is 4.79 Å². The van der Waals surface area contributed by atoms with Crippen molar-refractivity contribution in [2.24, 2.45) is 0 Å². The Morgan fingerprint density at radius 2 is 2.04 bits per heavy atom. The molecular weight excluding hydrogens is 296 g/mol. The number of para-hydroxylation sites is 1. The summed E-state index contributed by atoms with van der Waals surface area (Å²) >= 11 is 0. The number of H-pyrrole nitrogens is 1. The minimum Gasteiger partial charge on any atom is -0.353 e. The van der Waals surface area contributed by atoms with Crippen LogP contribution in [0.1, 0.15) is 22.6 Å². The Morgan fingerprint density at radius 3 is 2.83 bits per heavy atom. The largest absolute Gasteiger partial charge is 0.353 e. The van der Waals surface area contributed by atoms with E-state index in [1.54, 1.807) is 6.07 Å². The minimum atomic E-state index is -0.554. The van der Waals surface area contributed by atoms with Gasteiger partial charge in [0.2, 0.25) is 5.91 Å². The van der Waals surface area contributed by atoms with Crippen molar-refractivity contribution in [1.29, 1.82) is 0 Å². The number of aromatic nitrogens is 2. The van der Waals surface area contributed by atoms with Crippen molar-refractivity contribution in [1.82, 2.24) is 20.8 Å². The Hall–Kier alpha value is -2.93. The lowest BCUT2D eigenvalue weighted by molar-refractivity contribution is -0.129. The van der Waals surface area contributed by atoms with E-state index in [0.29, 0.717) is 5.69 Å². The summed E-state index contributed by atoms with van der Waals surface area (Å²) in [6.07, 6.45) is -0.00342. The Labute approximate surface area is 131 Å². The van der Waals surface area contributed by atoms with Crippen LogP contribution in [0.4, 0.5) is 0 Å². The average Bonchev–Trinajstić information content (AvgIpc) is 2.94. The second kappa shape index (κ2) is 6.05. The molecule has 0 saturated heterocycles. The lowest BCUT2D eigenvalue weighted by Crippen LogP contribution is -2.30. The zero-order valence-electron chi connectivity index (χ0n) is 12.5. The first-order valence-electron chi connectivity index (χ1n) is 7.19. The number of hydrogen-bond acceptors (Lipinski definition) is 4. The zero-order chi connectivity index (χ0) is 16.4. The molecule has 7 nitrogen and oxygen atoms in total. The molecule has 0 radical (unpaired) electrons. The van der Waals surface area contributed by atoms with Crippen LogP contribution in [0, 0.1) is 6.92 Å². The van der Waals surface area contributed by atoms with Gasteiger partial charge in [-0.1, -0.05) is 18.2 Å². The molecule has 0 fully saturated rings. The van der Waals surface area contributed by atoms with E-state index in [0.717, 1.165) is 27.5 Å². The fraction of sp³-hybridized carbons (Fsp3) is 0.188. The molecule has 4 N–H and O–H groups in total. The zero-order valence-corrected chi connectivity index (χ0v) is 12.5. The number of hydrogen-bond donors (Lipinski definition) is 4. The molecule has 0 aliphatic heterocycles. The van der Waals surface area contributed by atoms with Crippen molar-refractivity contribution in [2.45, 2.75) is 13.3 Å². The highest BCUT2D eigenvalue weighted by molar-refractivity contribution is 6.10. The standard InChI is InChI=1S/C16H16N4O3/c1-9-15-11(10-4-2-3-5-12(10)19-15)8-13(18-9)16(22)17-7-6-14(21)20-23/h2-5,8,19,23H,6-7H2,1H3,(H,17,22)(H,20,21). The van der Waals surface area contributed by atoms with Crippen LogP contribution in [0.15, 0.2) is 30.3 Å². The summed E-state index contributed by atoms with van der Waals surface area (Å²) in [5.74, 6) is -0.910. The first-order chi connectivity index (χ1) is 11.1. The van der Waals surface area contributed by atoms with Crippen LogP contribution in [0.3, 0.4) is 0 Å². The summed E-state index contributed by atoms with van der Waals surface area (Å²) in [5.41, 5.74) is 4.44. The number of aromatic amines is 1. The van der Waals surface area contributed by atoms with Gasteiger partial charge in [-0.15, -0.1) is 0 Å². The van der Waals surface area contributed by atoms with Gasteiger partial charge < -0.3 is 10.3 Å². The van der Waals surface area contributed by atoms with E-state index in [1.807, 2.05) is 31.2 Å². The molecule has 1 aromatic carbocycles. The number of rotatable bonds is 4. The monoisotopic (exact) mass is 312 g/mol. The molecule has 3 aromatic rings. The quantitative estimate of drug-likeness (QED) is 0.434. The van der Waals surface area contributed by atoms with Gasteiger partial charge in [-0.2, -0.15) is 0 Å². The van der Waals surface area contributed by atoms with Crippen LogP contribution in [-0.4, -0.2) is 33.5 Å². The van der Waals surface area contributed by atoms with Crippen molar-refractivity contribution in [3.05, 3.63) is 41.7 Å². The van der Waals surface area contributed by atoms with Crippen molar-refractivity contribution in [3.8, 4) is 0 Å². The van der Waals surface area contributed by atoms with Crippen LogP contribution >= 0.6 is 0 Å². The van der Waals surface area contributed by atoms with Gasteiger partial charge in [0.25, 0.3) is 5.91 Å². The van der Waals surface area contributed by atoms with Crippen LogP contribution in [0.2, 0.25) is 0 Å². The molecule has 7 heteroatoms. The summed E-state index contributed by atoms with van der Waals surface area (Å²) < 4.78 is 0. The number of benzene rings is 1. The van der Waals surface area contributed by atoms with E-state index in [-0.39, 0.29) is 18.9 Å². The Bertz CT molecular complexity index is 901. The number of nitrogens with one attached hydrogen (secondary N) is 3. The fourth-order valence-electron chi connectivity index (χ4n) is 2.56. The molecule has 0 unspecified atom stereocenters. The average molecular weight is 312 g/mol. The number of pyridine rings is 1. The van der Waals surface area contributed by atoms with E-state index >= 15 is 0 Å². The predicted octanol–water partition coefficient (Wildman–Crippen LogP) is 1.65. The molecule has 0 spiro atoms. The summed E-state index contributed by atoms with van der Waals surface area (Å²) in [5, 5.41) is 13.0. The van der Waals surface area contributed by atoms with E-state index < -0.39 is 5.91 Å². The molecule has 2 amide bonds. The molecule has 0 bridgehead atoms. The normalized spacial score (nSPS) is 10.9. The van der Waals surface area contributed by atoms with Gasteiger partial charge in [0, 0.05) is 29.3 Å². The van der Waals surface area contributed by atoms with Crippen LogP contribution < -0.4 is 10.8 Å². The number of carbonyl (C=O) groups excluding carboxylic acids is 2. The molecule has 0 aliphatic rings. The molecule has 0 aliphatic carbocycles. The van der Waals surface area contributed by atoms with E-state index in [9.17, 15) is 9.59 Å². The number of fused-ring (bicyclic) bond motifs is 3. The maximum absolute atomic E-state index is 12.2. The Kier molecular flexibility index (Phi) is 3.94. The highest BCUT2D eigenvalue weighted by Crippen LogP contribution is 2.27. The van der Waals surface area contributed by atoms with Gasteiger partial charge >= 0.3 is 0 Å². The first kappa shape index (κ1) is 15.0. The van der Waals surface area contributed by atoms with Crippen LogP contribution in [0.25, 0.3) is 21.8 Å². The first-order valence-corrected chi connectivity index (χ1v) is 7.19. The highest BCUT2D eigenvalue weighted by atomic mass is 16.5. The van der Waals surface area contributed by atoms with E-state index in [4.69, 9.17) is 5.21 Å². The molecule has 2 aromatic heterocycles. The van der Waals surface area contributed by atoms with Gasteiger partial charge in [0.05, 0.1) is 11.2 Å². The van der Waals surface area contributed by atoms with Gasteiger partial charge in [-0.25, -0.2) is 10.5 Å². The highest BCUT2D eigenvalue weighted by Gasteiger charge is 2.13. The lowest BCUT2D eigenvalue weighted by Gasteiger charge is -2.05. The van der Waals surface area contributed by atoms with Crippen molar-refractivity contribution < 1.29 is 14.8 Å².